The SMILES string of the molecule is CCCCCCCCCCCCCCCCCCC(O)C(=O)C(C(N)O)C(O)CCCCCCCCCCCCCCC. The minimum atomic E-state index is -1.44. The summed E-state index contributed by atoms with van der Waals surface area (Å²) in [5, 5.41) is 31.1. The van der Waals surface area contributed by atoms with E-state index in [0.717, 1.165) is 38.5 Å². The van der Waals surface area contributed by atoms with Gasteiger partial charge in [-0.15, -0.1) is 0 Å². The van der Waals surface area contributed by atoms with Crippen molar-refractivity contribution < 1.29 is 20.1 Å². The Hall–Kier alpha value is -0.490. The monoisotopic (exact) mass is 612 g/mol. The lowest BCUT2D eigenvalue weighted by molar-refractivity contribution is -0.140. The molecule has 0 aliphatic heterocycles. The summed E-state index contributed by atoms with van der Waals surface area (Å²) in [6.45, 7) is 4.53. The van der Waals surface area contributed by atoms with Crippen LogP contribution in [0.1, 0.15) is 213 Å². The van der Waals surface area contributed by atoms with Gasteiger partial charge in [-0.2, -0.15) is 0 Å². The van der Waals surface area contributed by atoms with Crippen molar-refractivity contribution in [2.24, 2.45) is 11.7 Å². The number of rotatable bonds is 35. The highest BCUT2D eigenvalue weighted by Gasteiger charge is 2.34. The molecule has 0 radical (unpaired) electrons. The quantitative estimate of drug-likeness (QED) is 0.0422. The Balaban J connectivity index is 3.78. The van der Waals surface area contributed by atoms with Crippen LogP contribution in [-0.2, 0) is 4.79 Å². The van der Waals surface area contributed by atoms with Crippen LogP contribution in [0, 0.1) is 5.92 Å². The Kier molecular flexibility index (Phi) is 32.5. The predicted molar refractivity (Wildman–Crippen MR) is 185 cm³/mol. The van der Waals surface area contributed by atoms with Crippen LogP contribution in [0.25, 0.3) is 0 Å². The van der Waals surface area contributed by atoms with E-state index < -0.39 is 30.1 Å². The van der Waals surface area contributed by atoms with Crippen LogP contribution in [0.5, 0.6) is 0 Å². The van der Waals surface area contributed by atoms with Gasteiger partial charge in [-0.3, -0.25) is 4.79 Å². The standard InChI is InChI=1S/C38H77NO4/c1-3-5-7-9-11-13-15-17-18-19-21-23-25-27-29-31-33-35(41)37(42)36(38(39)43)34(40)32-30-28-26-24-22-20-16-14-12-10-8-6-4-2/h34-36,38,40-41,43H,3-33,39H2,1-2H3. The first-order valence-corrected chi connectivity index (χ1v) is 19.3. The number of Topliss-reactive ketones (excluding diaryl/α,β-unsaturated/α-hetero) is 1. The van der Waals surface area contributed by atoms with Gasteiger partial charge in [-0.25, -0.2) is 0 Å². The maximum Gasteiger partial charge on any atom is 0.170 e. The van der Waals surface area contributed by atoms with E-state index in [9.17, 15) is 20.1 Å². The molecular formula is C38H77NO4. The summed E-state index contributed by atoms with van der Waals surface area (Å²) in [6, 6.07) is 0. The van der Waals surface area contributed by atoms with Crippen molar-refractivity contribution in [2.45, 2.75) is 231 Å². The van der Waals surface area contributed by atoms with Gasteiger partial charge in [0.05, 0.1) is 12.0 Å². The topological polar surface area (TPSA) is 104 Å². The van der Waals surface area contributed by atoms with E-state index in [2.05, 4.69) is 13.8 Å². The summed E-state index contributed by atoms with van der Waals surface area (Å²) < 4.78 is 0. The molecule has 43 heavy (non-hydrogen) atoms. The Labute approximate surface area is 268 Å². The van der Waals surface area contributed by atoms with Gasteiger partial charge in [0.25, 0.3) is 0 Å². The summed E-state index contributed by atoms with van der Waals surface area (Å²) in [6.07, 6.45) is 34.0. The average Bonchev–Trinajstić information content (AvgIpc) is 2.99. The van der Waals surface area contributed by atoms with Crippen LogP contribution in [-0.4, -0.2) is 39.5 Å². The first-order chi connectivity index (χ1) is 21.0. The number of hydrogen-bond donors (Lipinski definition) is 4. The van der Waals surface area contributed by atoms with Gasteiger partial charge in [-0.1, -0.05) is 200 Å². The van der Waals surface area contributed by atoms with E-state index in [-0.39, 0.29) is 0 Å². The molecule has 0 saturated carbocycles. The number of hydrogen-bond acceptors (Lipinski definition) is 5. The fourth-order valence-corrected chi connectivity index (χ4v) is 6.39. The van der Waals surface area contributed by atoms with Crippen molar-refractivity contribution in [2.75, 3.05) is 0 Å². The zero-order chi connectivity index (χ0) is 31.8. The van der Waals surface area contributed by atoms with Crippen molar-refractivity contribution >= 4 is 5.78 Å². The molecule has 0 aliphatic carbocycles. The van der Waals surface area contributed by atoms with Gasteiger partial charge in [0.2, 0.25) is 0 Å². The fraction of sp³-hybridized carbons (Fsp3) is 0.974. The molecule has 0 rings (SSSR count). The smallest absolute Gasteiger partial charge is 0.170 e. The molecule has 0 fully saturated rings. The fourth-order valence-electron chi connectivity index (χ4n) is 6.39. The molecule has 0 aromatic heterocycles. The Morgan fingerprint density at radius 1 is 0.442 bits per heavy atom. The van der Waals surface area contributed by atoms with Crippen LogP contribution in [0.4, 0.5) is 0 Å². The minimum absolute atomic E-state index is 0.381. The highest BCUT2D eigenvalue weighted by molar-refractivity contribution is 5.86. The Morgan fingerprint density at radius 3 is 0.977 bits per heavy atom. The van der Waals surface area contributed by atoms with Crippen LogP contribution in [0.15, 0.2) is 0 Å². The maximum absolute atomic E-state index is 12.8. The van der Waals surface area contributed by atoms with Crippen molar-refractivity contribution in [3.05, 3.63) is 0 Å². The second-order valence-corrected chi connectivity index (χ2v) is 13.6. The van der Waals surface area contributed by atoms with Crippen LogP contribution in [0.2, 0.25) is 0 Å². The molecule has 0 saturated heterocycles. The second kappa shape index (κ2) is 32.9. The van der Waals surface area contributed by atoms with Gasteiger partial charge >= 0.3 is 0 Å². The lowest BCUT2D eigenvalue weighted by Gasteiger charge is -2.26. The van der Waals surface area contributed by atoms with Gasteiger partial charge in [0.1, 0.15) is 12.3 Å². The van der Waals surface area contributed by atoms with E-state index in [4.69, 9.17) is 5.73 Å². The number of aliphatic hydroxyl groups is 3. The summed E-state index contributed by atoms with van der Waals surface area (Å²) in [4.78, 5) is 12.8. The largest absolute Gasteiger partial charge is 0.392 e. The van der Waals surface area contributed by atoms with Crippen molar-refractivity contribution in [1.29, 1.82) is 0 Å². The Bertz CT molecular complexity index is 570. The van der Waals surface area contributed by atoms with Crippen molar-refractivity contribution in [3.63, 3.8) is 0 Å². The van der Waals surface area contributed by atoms with E-state index in [0.29, 0.717) is 12.8 Å². The summed E-state index contributed by atoms with van der Waals surface area (Å²) in [5.74, 6) is -1.61. The van der Waals surface area contributed by atoms with Crippen LogP contribution in [0.3, 0.4) is 0 Å². The average molecular weight is 612 g/mol. The molecule has 0 amide bonds. The second-order valence-electron chi connectivity index (χ2n) is 13.6. The first-order valence-electron chi connectivity index (χ1n) is 19.3. The third-order valence-corrected chi connectivity index (χ3v) is 9.37. The number of unbranched alkanes of at least 4 members (excludes halogenated alkanes) is 27. The molecule has 0 spiro atoms. The summed E-state index contributed by atoms with van der Waals surface area (Å²) >= 11 is 0. The molecule has 0 aromatic rings. The number of carbonyl (C=O) groups excluding carboxylic acids is 1. The highest BCUT2D eigenvalue weighted by atomic mass is 16.3. The number of ketones is 1. The molecular weight excluding hydrogens is 534 g/mol. The number of nitrogens with two attached hydrogens (primary N) is 1. The van der Waals surface area contributed by atoms with Gasteiger partial charge < -0.3 is 21.1 Å². The highest BCUT2D eigenvalue weighted by Crippen LogP contribution is 2.21. The normalized spacial score (nSPS) is 14.6. The predicted octanol–water partition coefficient (Wildman–Crippen LogP) is 10.3. The maximum atomic E-state index is 12.8. The van der Waals surface area contributed by atoms with E-state index in [1.807, 2.05) is 0 Å². The molecule has 4 unspecified atom stereocenters. The van der Waals surface area contributed by atoms with E-state index in [1.54, 1.807) is 0 Å². The Morgan fingerprint density at radius 2 is 0.698 bits per heavy atom. The minimum Gasteiger partial charge on any atom is -0.392 e. The molecule has 4 atom stereocenters. The van der Waals surface area contributed by atoms with Crippen molar-refractivity contribution in [1.82, 2.24) is 0 Å². The molecule has 0 bridgehead atoms. The van der Waals surface area contributed by atoms with Gasteiger partial charge in [0, 0.05) is 0 Å². The zero-order valence-electron chi connectivity index (χ0n) is 29.1. The van der Waals surface area contributed by atoms with Crippen LogP contribution < -0.4 is 5.73 Å². The molecule has 258 valence electrons. The molecule has 0 aromatic carbocycles. The van der Waals surface area contributed by atoms with Crippen molar-refractivity contribution in [3.8, 4) is 0 Å². The van der Waals surface area contributed by atoms with Gasteiger partial charge in [-0.05, 0) is 12.8 Å². The number of carbonyl (C=O) groups is 1. The van der Waals surface area contributed by atoms with E-state index in [1.165, 1.54) is 148 Å². The lowest BCUT2D eigenvalue weighted by Crippen LogP contribution is -2.47. The molecule has 5 heteroatoms. The van der Waals surface area contributed by atoms with Crippen LogP contribution >= 0.6 is 0 Å². The zero-order valence-corrected chi connectivity index (χ0v) is 29.1. The third kappa shape index (κ3) is 27.5. The number of aliphatic hydroxyl groups excluding tert-OH is 3. The molecule has 5 nitrogen and oxygen atoms in total. The summed E-state index contributed by atoms with van der Waals surface area (Å²) in [7, 11) is 0. The van der Waals surface area contributed by atoms with E-state index >= 15 is 0 Å². The first kappa shape index (κ1) is 42.5. The summed E-state index contributed by atoms with van der Waals surface area (Å²) in [5.41, 5.74) is 5.67. The third-order valence-electron chi connectivity index (χ3n) is 9.37. The molecule has 0 aliphatic rings. The lowest BCUT2D eigenvalue weighted by atomic mass is 9.87. The molecule has 0 heterocycles. The van der Waals surface area contributed by atoms with Gasteiger partial charge in [0.15, 0.2) is 5.78 Å². The molecule has 5 N–H and O–H groups in total.